The van der Waals surface area contributed by atoms with E-state index in [1.807, 2.05) is 24.5 Å². The maximum Gasteiger partial charge on any atom is 0.159 e. The van der Waals surface area contributed by atoms with Gasteiger partial charge in [-0.15, -0.1) is 5.10 Å². The molecule has 2 aromatic carbocycles. The maximum absolute atomic E-state index is 5.72. The number of fused-ring (bicyclic) bond motifs is 1. The number of hydrogen-bond acceptors (Lipinski definition) is 6. The first-order chi connectivity index (χ1) is 15.3. The highest BCUT2D eigenvalue weighted by molar-refractivity contribution is 5.93. The predicted molar refractivity (Wildman–Crippen MR) is 125 cm³/mol. The maximum atomic E-state index is 5.72. The number of pyridine rings is 1. The second kappa shape index (κ2) is 8.70. The smallest absolute Gasteiger partial charge is 0.159 e. The minimum atomic E-state index is 0.580. The minimum Gasteiger partial charge on any atom is -0.368 e. The van der Waals surface area contributed by atoms with E-state index in [0.29, 0.717) is 6.54 Å². The SMILES string of the molecule is NCc1ccc(N2CCN(c3nnc(Cc4ccncc4)c4ccccc34)CC2)cc1. The molecule has 6 heteroatoms. The van der Waals surface area contributed by atoms with Crippen molar-refractivity contribution in [3.05, 3.63) is 89.9 Å². The van der Waals surface area contributed by atoms with Gasteiger partial charge in [-0.25, -0.2) is 0 Å². The fourth-order valence-electron chi connectivity index (χ4n) is 4.22. The zero-order valence-electron chi connectivity index (χ0n) is 17.5. The first-order valence-corrected chi connectivity index (χ1v) is 10.7. The zero-order chi connectivity index (χ0) is 21.0. The van der Waals surface area contributed by atoms with Crippen LogP contribution in [0.1, 0.15) is 16.8 Å². The Hall–Kier alpha value is -3.51. The van der Waals surface area contributed by atoms with Crippen molar-refractivity contribution in [3.63, 3.8) is 0 Å². The molecule has 0 saturated carbocycles. The van der Waals surface area contributed by atoms with Gasteiger partial charge in [0, 0.05) is 68.0 Å². The summed E-state index contributed by atoms with van der Waals surface area (Å²) in [5, 5.41) is 11.7. The second-order valence-electron chi connectivity index (χ2n) is 7.89. The molecule has 0 aliphatic carbocycles. The summed E-state index contributed by atoms with van der Waals surface area (Å²) in [7, 11) is 0. The van der Waals surface area contributed by atoms with Crippen LogP contribution in [0.15, 0.2) is 73.1 Å². The highest BCUT2D eigenvalue weighted by Gasteiger charge is 2.21. The van der Waals surface area contributed by atoms with Crippen LogP contribution in [0.25, 0.3) is 10.8 Å². The quantitative estimate of drug-likeness (QED) is 0.544. The molecule has 31 heavy (non-hydrogen) atoms. The molecule has 3 heterocycles. The standard InChI is InChI=1S/C25H26N6/c26-18-20-5-7-21(8-6-20)30-13-15-31(16-14-30)25-23-4-2-1-3-22(23)24(28-29-25)17-19-9-11-27-12-10-19/h1-12H,13-18,26H2. The van der Waals surface area contributed by atoms with E-state index in [9.17, 15) is 0 Å². The lowest BCUT2D eigenvalue weighted by Gasteiger charge is -2.37. The van der Waals surface area contributed by atoms with Crippen LogP contribution in [0.5, 0.6) is 0 Å². The average Bonchev–Trinajstić information content (AvgIpc) is 2.85. The van der Waals surface area contributed by atoms with E-state index < -0.39 is 0 Å². The van der Waals surface area contributed by atoms with Gasteiger partial charge in [0.15, 0.2) is 5.82 Å². The van der Waals surface area contributed by atoms with Crippen LogP contribution in [0, 0.1) is 0 Å². The number of nitrogens with zero attached hydrogens (tertiary/aromatic N) is 5. The van der Waals surface area contributed by atoms with E-state index in [-0.39, 0.29) is 0 Å². The fraction of sp³-hybridized carbons (Fsp3) is 0.240. The molecule has 0 unspecified atom stereocenters. The van der Waals surface area contributed by atoms with Gasteiger partial charge in [0.25, 0.3) is 0 Å². The first-order valence-electron chi connectivity index (χ1n) is 10.7. The van der Waals surface area contributed by atoms with Crippen LogP contribution in [-0.4, -0.2) is 41.4 Å². The Bertz CT molecular complexity index is 1150. The summed E-state index contributed by atoms with van der Waals surface area (Å²) in [5.74, 6) is 0.979. The Kier molecular flexibility index (Phi) is 5.46. The third kappa shape index (κ3) is 4.07. The Morgan fingerprint density at radius 2 is 1.39 bits per heavy atom. The topological polar surface area (TPSA) is 71.2 Å². The summed E-state index contributed by atoms with van der Waals surface area (Å²) >= 11 is 0. The van der Waals surface area contributed by atoms with Crippen molar-refractivity contribution in [2.24, 2.45) is 5.73 Å². The highest BCUT2D eigenvalue weighted by Crippen LogP contribution is 2.28. The zero-order valence-corrected chi connectivity index (χ0v) is 17.5. The molecular weight excluding hydrogens is 384 g/mol. The number of nitrogens with two attached hydrogens (primary N) is 1. The lowest BCUT2D eigenvalue weighted by atomic mass is 10.0. The molecular formula is C25H26N6. The molecule has 4 aromatic rings. The van der Waals surface area contributed by atoms with Gasteiger partial charge >= 0.3 is 0 Å². The predicted octanol–water partition coefficient (Wildman–Crippen LogP) is 3.40. The Labute approximate surface area is 182 Å². The Morgan fingerprint density at radius 3 is 2.10 bits per heavy atom. The molecule has 1 fully saturated rings. The summed E-state index contributed by atoms with van der Waals surface area (Å²) in [6.07, 6.45) is 4.40. The van der Waals surface area contributed by atoms with Crippen LogP contribution >= 0.6 is 0 Å². The largest absolute Gasteiger partial charge is 0.368 e. The van der Waals surface area contributed by atoms with Gasteiger partial charge in [-0.05, 0) is 35.4 Å². The van der Waals surface area contributed by atoms with Crippen LogP contribution in [0.4, 0.5) is 11.5 Å². The lowest BCUT2D eigenvalue weighted by Crippen LogP contribution is -2.47. The minimum absolute atomic E-state index is 0.580. The third-order valence-electron chi connectivity index (χ3n) is 5.98. The van der Waals surface area contributed by atoms with E-state index in [0.717, 1.165) is 49.7 Å². The Balaban J connectivity index is 1.36. The van der Waals surface area contributed by atoms with Gasteiger partial charge in [0.2, 0.25) is 0 Å². The molecule has 1 aliphatic heterocycles. The first kappa shape index (κ1) is 19.5. The summed E-state index contributed by atoms with van der Waals surface area (Å²) in [6.45, 7) is 4.33. The monoisotopic (exact) mass is 410 g/mol. The van der Waals surface area contributed by atoms with E-state index in [1.54, 1.807) is 0 Å². The number of anilines is 2. The van der Waals surface area contributed by atoms with E-state index in [1.165, 1.54) is 22.0 Å². The summed E-state index contributed by atoms with van der Waals surface area (Å²) in [6, 6.07) is 21.1. The van der Waals surface area contributed by atoms with Gasteiger partial charge in [0.05, 0.1) is 5.69 Å². The van der Waals surface area contributed by atoms with E-state index in [4.69, 9.17) is 5.73 Å². The van der Waals surface area contributed by atoms with Crippen molar-refractivity contribution in [1.82, 2.24) is 15.2 Å². The molecule has 6 nitrogen and oxygen atoms in total. The molecule has 5 rings (SSSR count). The molecule has 2 N–H and O–H groups in total. The van der Waals surface area contributed by atoms with Crippen LogP contribution < -0.4 is 15.5 Å². The van der Waals surface area contributed by atoms with Crippen LogP contribution in [0.3, 0.4) is 0 Å². The van der Waals surface area contributed by atoms with E-state index >= 15 is 0 Å². The molecule has 0 radical (unpaired) electrons. The Morgan fingerprint density at radius 1 is 0.710 bits per heavy atom. The van der Waals surface area contributed by atoms with Gasteiger partial charge in [-0.1, -0.05) is 36.4 Å². The third-order valence-corrected chi connectivity index (χ3v) is 5.98. The van der Waals surface area contributed by atoms with Crippen molar-refractivity contribution >= 4 is 22.3 Å². The average molecular weight is 411 g/mol. The number of benzene rings is 2. The number of piperazine rings is 1. The second-order valence-corrected chi connectivity index (χ2v) is 7.89. The summed E-state index contributed by atoms with van der Waals surface area (Å²) in [5.41, 5.74) is 10.3. The summed E-state index contributed by atoms with van der Waals surface area (Å²) < 4.78 is 0. The molecule has 0 bridgehead atoms. The van der Waals surface area contributed by atoms with Gasteiger partial charge in [-0.3, -0.25) is 4.98 Å². The molecule has 0 amide bonds. The molecule has 0 spiro atoms. The normalized spacial score (nSPS) is 14.2. The number of aromatic nitrogens is 3. The molecule has 1 aliphatic rings. The van der Waals surface area contributed by atoms with Gasteiger partial charge in [0.1, 0.15) is 0 Å². The van der Waals surface area contributed by atoms with Gasteiger partial charge in [-0.2, -0.15) is 5.10 Å². The van der Waals surface area contributed by atoms with Gasteiger partial charge < -0.3 is 15.5 Å². The van der Waals surface area contributed by atoms with Crippen LogP contribution in [0.2, 0.25) is 0 Å². The van der Waals surface area contributed by atoms with Crippen molar-refractivity contribution in [3.8, 4) is 0 Å². The molecule has 0 atom stereocenters. The molecule has 1 saturated heterocycles. The van der Waals surface area contributed by atoms with E-state index in [2.05, 4.69) is 73.5 Å². The highest BCUT2D eigenvalue weighted by atomic mass is 15.3. The number of rotatable bonds is 5. The molecule has 2 aromatic heterocycles. The van der Waals surface area contributed by atoms with Crippen LogP contribution in [-0.2, 0) is 13.0 Å². The van der Waals surface area contributed by atoms with Crippen molar-refractivity contribution < 1.29 is 0 Å². The molecule has 156 valence electrons. The van der Waals surface area contributed by atoms with Crippen molar-refractivity contribution in [1.29, 1.82) is 0 Å². The number of hydrogen-bond donors (Lipinski definition) is 1. The van der Waals surface area contributed by atoms with Crippen molar-refractivity contribution in [2.45, 2.75) is 13.0 Å². The fourth-order valence-corrected chi connectivity index (χ4v) is 4.22. The lowest BCUT2D eigenvalue weighted by molar-refractivity contribution is 0.645. The van der Waals surface area contributed by atoms with Crippen molar-refractivity contribution in [2.75, 3.05) is 36.0 Å². The summed E-state index contributed by atoms with van der Waals surface area (Å²) in [4.78, 5) is 8.89.